The number of hydrogen-bond donors (Lipinski definition) is 1. The summed E-state index contributed by atoms with van der Waals surface area (Å²) in [5.41, 5.74) is -0.870. The predicted octanol–water partition coefficient (Wildman–Crippen LogP) is 3.55. The van der Waals surface area contributed by atoms with Gasteiger partial charge in [0, 0.05) is 18.2 Å². The number of aromatic hydroxyl groups is 1. The second-order valence-corrected chi connectivity index (χ2v) is 6.29. The molecule has 6 nitrogen and oxygen atoms in total. The molecule has 0 amide bonds. The summed E-state index contributed by atoms with van der Waals surface area (Å²) in [5, 5.41) is 10.7. The van der Waals surface area contributed by atoms with Crippen LogP contribution in [0.4, 0.5) is 0 Å². The predicted molar refractivity (Wildman–Crippen MR) is 102 cm³/mol. The number of carbonyl (C=O) groups excluding carboxylic acids is 2. The van der Waals surface area contributed by atoms with Crippen LogP contribution in [0.25, 0.3) is 11.0 Å². The van der Waals surface area contributed by atoms with E-state index in [-0.39, 0.29) is 23.0 Å². The van der Waals surface area contributed by atoms with E-state index in [1.807, 2.05) is 6.92 Å². The SMILES string of the molecule is CCCCCC(=O)c1c(O)c2cccnc2n(C(=O)c2ccccc2)c1=O. The van der Waals surface area contributed by atoms with Gasteiger partial charge in [-0.1, -0.05) is 38.0 Å². The van der Waals surface area contributed by atoms with Crippen LogP contribution in [-0.4, -0.2) is 26.3 Å². The van der Waals surface area contributed by atoms with Crippen LogP contribution < -0.4 is 5.56 Å². The number of fused-ring (bicyclic) bond motifs is 1. The van der Waals surface area contributed by atoms with Gasteiger partial charge in [0.05, 0.1) is 5.39 Å². The number of benzene rings is 1. The number of hydrogen-bond acceptors (Lipinski definition) is 5. The number of Topliss-reactive ketones (excluding diaryl/α,β-unsaturated/α-hetero) is 1. The lowest BCUT2D eigenvalue weighted by atomic mass is 10.0. The van der Waals surface area contributed by atoms with Gasteiger partial charge in [0.1, 0.15) is 11.3 Å². The quantitative estimate of drug-likeness (QED) is 0.534. The zero-order chi connectivity index (χ0) is 19.4. The number of pyridine rings is 2. The third-order valence-corrected chi connectivity index (χ3v) is 4.42. The summed E-state index contributed by atoms with van der Waals surface area (Å²) < 4.78 is 0.872. The highest BCUT2D eigenvalue weighted by atomic mass is 16.3. The lowest BCUT2D eigenvalue weighted by Crippen LogP contribution is -2.32. The summed E-state index contributed by atoms with van der Waals surface area (Å²) in [7, 11) is 0. The molecule has 3 rings (SSSR count). The molecule has 0 spiro atoms. The van der Waals surface area contributed by atoms with Crippen LogP contribution in [0.1, 0.15) is 53.3 Å². The van der Waals surface area contributed by atoms with Gasteiger partial charge >= 0.3 is 0 Å². The number of rotatable bonds is 6. The molecule has 0 aliphatic rings. The van der Waals surface area contributed by atoms with Crippen molar-refractivity contribution in [3.63, 3.8) is 0 Å². The second-order valence-electron chi connectivity index (χ2n) is 6.29. The van der Waals surface area contributed by atoms with Crippen LogP contribution in [0.3, 0.4) is 0 Å². The number of ketones is 1. The molecule has 0 atom stereocenters. The summed E-state index contributed by atoms with van der Waals surface area (Å²) >= 11 is 0. The van der Waals surface area contributed by atoms with Crippen LogP contribution in [0.2, 0.25) is 0 Å². The van der Waals surface area contributed by atoms with Crippen LogP contribution in [0.5, 0.6) is 5.75 Å². The molecular weight excluding hydrogens is 344 g/mol. The topological polar surface area (TPSA) is 89.3 Å². The highest BCUT2D eigenvalue weighted by Crippen LogP contribution is 2.26. The van der Waals surface area contributed by atoms with Crippen molar-refractivity contribution >= 4 is 22.7 Å². The van der Waals surface area contributed by atoms with Crippen molar-refractivity contribution in [3.05, 3.63) is 70.1 Å². The minimum absolute atomic E-state index is 0.0268. The molecule has 0 saturated heterocycles. The first-order chi connectivity index (χ1) is 13.1. The van der Waals surface area contributed by atoms with Crippen molar-refractivity contribution in [1.82, 2.24) is 9.55 Å². The number of nitrogens with zero attached hydrogens (tertiary/aromatic N) is 2. The zero-order valence-corrected chi connectivity index (χ0v) is 15.0. The molecular formula is C21H20N2O4. The van der Waals surface area contributed by atoms with Crippen molar-refractivity contribution in [2.45, 2.75) is 32.6 Å². The maximum absolute atomic E-state index is 13.0. The summed E-state index contributed by atoms with van der Waals surface area (Å²) in [5.74, 6) is -1.47. The Labute approximate surface area is 156 Å². The Morgan fingerprint density at radius 3 is 2.52 bits per heavy atom. The van der Waals surface area contributed by atoms with Gasteiger partial charge in [-0.05, 0) is 30.7 Å². The van der Waals surface area contributed by atoms with Crippen LogP contribution in [0, 0.1) is 0 Å². The van der Waals surface area contributed by atoms with Gasteiger partial charge in [-0.3, -0.25) is 14.4 Å². The molecule has 0 unspecified atom stereocenters. The summed E-state index contributed by atoms with van der Waals surface area (Å²) in [6.45, 7) is 2.01. The van der Waals surface area contributed by atoms with Gasteiger partial charge in [0.2, 0.25) is 0 Å². The van der Waals surface area contributed by atoms with Gasteiger partial charge in [-0.15, -0.1) is 0 Å². The van der Waals surface area contributed by atoms with Gasteiger partial charge < -0.3 is 5.11 Å². The van der Waals surface area contributed by atoms with E-state index in [0.29, 0.717) is 12.0 Å². The molecule has 1 N–H and O–H groups in total. The van der Waals surface area contributed by atoms with E-state index in [0.717, 1.165) is 17.4 Å². The molecule has 3 aromatic rings. The zero-order valence-electron chi connectivity index (χ0n) is 15.0. The molecule has 0 fully saturated rings. The molecule has 0 aliphatic carbocycles. The fourth-order valence-electron chi connectivity index (χ4n) is 3.01. The highest BCUT2D eigenvalue weighted by molar-refractivity contribution is 6.07. The summed E-state index contributed by atoms with van der Waals surface area (Å²) in [6, 6.07) is 11.4. The molecule has 138 valence electrons. The summed E-state index contributed by atoms with van der Waals surface area (Å²) in [6.07, 6.45) is 3.96. The van der Waals surface area contributed by atoms with Crippen molar-refractivity contribution in [1.29, 1.82) is 0 Å². The maximum atomic E-state index is 13.0. The number of carbonyl (C=O) groups is 2. The van der Waals surface area contributed by atoms with E-state index in [1.54, 1.807) is 36.4 Å². The van der Waals surface area contributed by atoms with Crippen molar-refractivity contribution in [3.8, 4) is 5.75 Å². The van der Waals surface area contributed by atoms with Gasteiger partial charge in [-0.25, -0.2) is 9.55 Å². The normalized spacial score (nSPS) is 10.9. The third kappa shape index (κ3) is 3.51. The lowest BCUT2D eigenvalue weighted by Gasteiger charge is -2.12. The number of aromatic nitrogens is 2. The average molecular weight is 364 g/mol. The van der Waals surface area contributed by atoms with E-state index in [1.165, 1.54) is 12.3 Å². The smallest absolute Gasteiger partial charge is 0.274 e. The van der Waals surface area contributed by atoms with Crippen molar-refractivity contribution in [2.75, 3.05) is 0 Å². The van der Waals surface area contributed by atoms with E-state index in [9.17, 15) is 19.5 Å². The Hall–Kier alpha value is -3.28. The van der Waals surface area contributed by atoms with Gasteiger partial charge in [-0.2, -0.15) is 0 Å². The van der Waals surface area contributed by atoms with E-state index < -0.39 is 23.0 Å². The molecule has 6 heteroatoms. The molecule has 2 heterocycles. The number of unbranched alkanes of at least 4 members (excludes halogenated alkanes) is 2. The minimum Gasteiger partial charge on any atom is -0.506 e. The monoisotopic (exact) mass is 364 g/mol. The molecule has 2 aromatic heterocycles. The molecule has 0 radical (unpaired) electrons. The van der Waals surface area contributed by atoms with Crippen molar-refractivity contribution < 1.29 is 14.7 Å². The third-order valence-electron chi connectivity index (χ3n) is 4.42. The van der Waals surface area contributed by atoms with Gasteiger partial charge in [0.15, 0.2) is 11.4 Å². The molecule has 27 heavy (non-hydrogen) atoms. The minimum atomic E-state index is -0.839. The average Bonchev–Trinajstić information content (AvgIpc) is 2.69. The largest absolute Gasteiger partial charge is 0.506 e. The lowest BCUT2D eigenvalue weighted by molar-refractivity contribution is 0.0958. The second kappa shape index (κ2) is 7.95. The van der Waals surface area contributed by atoms with Crippen LogP contribution in [-0.2, 0) is 0 Å². The van der Waals surface area contributed by atoms with Crippen molar-refractivity contribution in [2.24, 2.45) is 0 Å². The molecule has 0 bridgehead atoms. The first-order valence-corrected chi connectivity index (χ1v) is 8.92. The Morgan fingerprint density at radius 2 is 1.81 bits per heavy atom. The molecule has 0 aliphatic heterocycles. The summed E-state index contributed by atoms with van der Waals surface area (Å²) in [4.78, 5) is 42.7. The first kappa shape index (κ1) is 18.5. The fraction of sp³-hybridized carbons (Fsp3) is 0.238. The Morgan fingerprint density at radius 1 is 1.07 bits per heavy atom. The highest BCUT2D eigenvalue weighted by Gasteiger charge is 2.25. The van der Waals surface area contributed by atoms with Crippen LogP contribution >= 0.6 is 0 Å². The first-order valence-electron chi connectivity index (χ1n) is 8.92. The Bertz CT molecular complexity index is 1050. The van der Waals surface area contributed by atoms with E-state index in [4.69, 9.17) is 0 Å². The molecule has 1 aromatic carbocycles. The van der Waals surface area contributed by atoms with E-state index >= 15 is 0 Å². The van der Waals surface area contributed by atoms with E-state index in [2.05, 4.69) is 4.98 Å². The maximum Gasteiger partial charge on any atom is 0.274 e. The van der Waals surface area contributed by atoms with Crippen LogP contribution in [0.15, 0.2) is 53.5 Å². The molecule has 0 saturated carbocycles. The Balaban J connectivity index is 2.22. The fourth-order valence-corrected chi connectivity index (χ4v) is 3.01. The van der Waals surface area contributed by atoms with Gasteiger partial charge in [0.25, 0.3) is 11.5 Å². The standard InChI is InChI=1S/C21H20N2O4/c1-2-3-5-12-16(24)17-18(25)15-11-8-13-22-19(15)23(21(17)27)20(26)14-9-6-4-7-10-14/h4,6-11,13,25H,2-3,5,12H2,1H3. The Kier molecular flexibility index (Phi) is 5.45.